The predicted octanol–water partition coefficient (Wildman–Crippen LogP) is 3.25. The topological polar surface area (TPSA) is 103 Å². The molecular formula is C20H19ClF2N2O6. The SMILES string of the molecule is COc1ccc(NC(=O)C(C)OC(=O)CNC(=O)c2cccc(OC(F)F)c2)cc1Cl. The Kier molecular flexibility index (Phi) is 8.56. The average molecular weight is 457 g/mol. The molecule has 31 heavy (non-hydrogen) atoms. The summed E-state index contributed by atoms with van der Waals surface area (Å²) in [5.74, 6) is -1.96. The van der Waals surface area contributed by atoms with Crippen LogP contribution in [0.15, 0.2) is 42.5 Å². The maximum absolute atomic E-state index is 12.3. The summed E-state index contributed by atoms with van der Waals surface area (Å²) in [6, 6.07) is 9.65. The first-order chi connectivity index (χ1) is 14.7. The van der Waals surface area contributed by atoms with Gasteiger partial charge in [-0.2, -0.15) is 8.78 Å². The van der Waals surface area contributed by atoms with Gasteiger partial charge in [-0.05, 0) is 43.3 Å². The van der Waals surface area contributed by atoms with Crippen LogP contribution in [0.4, 0.5) is 14.5 Å². The first kappa shape index (κ1) is 23.9. The fraction of sp³-hybridized carbons (Fsp3) is 0.250. The lowest BCUT2D eigenvalue weighted by Gasteiger charge is -2.14. The molecule has 8 nitrogen and oxygen atoms in total. The number of amides is 2. The van der Waals surface area contributed by atoms with Crippen LogP contribution in [0.3, 0.4) is 0 Å². The van der Waals surface area contributed by atoms with Gasteiger partial charge in [-0.3, -0.25) is 14.4 Å². The molecule has 0 aliphatic carbocycles. The third kappa shape index (κ3) is 7.41. The minimum Gasteiger partial charge on any atom is -0.495 e. The van der Waals surface area contributed by atoms with Gasteiger partial charge in [0.15, 0.2) is 6.10 Å². The minimum atomic E-state index is -3.03. The minimum absolute atomic E-state index is 0.00752. The summed E-state index contributed by atoms with van der Waals surface area (Å²) < 4.78 is 38.7. The monoisotopic (exact) mass is 456 g/mol. The smallest absolute Gasteiger partial charge is 0.387 e. The number of alkyl halides is 2. The van der Waals surface area contributed by atoms with Crippen molar-refractivity contribution in [2.24, 2.45) is 0 Å². The largest absolute Gasteiger partial charge is 0.495 e. The number of benzene rings is 2. The molecule has 2 aromatic carbocycles. The van der Waals surface area contributed by atoms with Crippen molar-refractivity contribution in [3.63, 3.8) is 0 Å². The van der Waals surface area contributed by atoms with E-state index in [1.165, 1.54) is 38.3 Å². The number of methoxy groups -OCH3 is 1. The van der Waals surface area contributed by atoms with E-state index in [1.807, 2.05) is 0 Å². The molecule has 2 N–H and O–H groups in total. The van der Waals surface area contributed by atoms with Gasteiger partial charge in [0.05, 0.1) is 12.1 Å². The van der Waals surface area contributed by atoms with E-state index in [0.29, 0.717) is 11.4 Å². The van der Waals surface area contributed by atoms with Crippen molar-refractivity contribution in [2.75, 3.05) is 19.0 Å². The molecule has 0 aromatic heterocycles. The van der Waals surface area contributed by atoms with Gasteiger partial charge in [-0.1, -0.05) is 17.7 Å². The third-order valence-electron chi connectivity index (χ3n) is 3.81. The molecule has 0 saturated carbocycles. The zero-order valence-corrected chi connectivity index (χ0v) is 17.2. The van der Waals surface area contributed by atoms with Crippen molar-refractivity contribution in [1.82, 2.24) is 5.32 Å². The summed E-state index contributed by atoms with van der Waals surface area (Å²) in [6.07, 6.45) is -1.16. The van der Waals surface area contributed by atoms with E-state index in [4.69, 9.17) is 21.1 Å². The summed E-state index contributed by atoms with van der Waals surface area (Å²) in [5, 5.41) is 5.09. The van der Waals surface area contributed by atoms with Gasteiger partial charge in [0.2, 0.25) is 0 Å². The molecule has 0 aliphatic rings. The maximum atomic E-state index is 12.3. The van der Waals surface area contributed by atoms with Crippen LogP contribution >= 0.6 is 11.6 Å². The van der Waals surface area contributed by atoms with Crippen molar-refractivity contribution < 1.29 is 37.4 Å². The van der Waals surface area contributed by atoms with Gasteiger partial charge in [-0.15, -0.1) is 0 Å². The molecule has 0 heterocycles. The van der Waals surface area contributed by atoms with Crippen molar-refractivity contribution >= 4 is 35.1 Å². The molecule has 11 heteroatoms. The molecule has 1 atom stereocenters. The lowest BCUT2D eigenvalue weighted by atomic mass is 10.2. The van der Waals surface area contributed by atoms with Gasteiger partial charge in [0, 0.05) is 11.3 Å². The zero-order chi connectivity index (χ0) is 23.0. The number of hydrogen-bond acceptors (Lipinski definition) is 6. The molecule has 0 fully saturated rings. The molecule has 2 amide bonds. The fourth-order valence-corrected chi connectivity index (χ4v) is 2.61. The summed E-state index contributed by atoms with van der Waals surface area (Å²) in [7, 11) is 1.45. The molecule has 0 radical (unpaired) electrons. The summed E-state index contributed by atoms with van der Waals surface area (Å²) in [6.45, 7) is -2.22. The lowest BCUT2D eigenvalue weighted by Crippen LogP contribution is -2.35. The Hall–Kier alpha value is -3.40. The number of hydrogen-bond donors (Lipinski definition) is 2. The Balaban J connectivity index is 1.84. The van der Waals surface area contributed by atoms with E-state index < -0.39 is 37.0 Å². The molecule has 0 bridgehead atoms. The summed E-state index contributed by atoms with van der Waals surface area (Å²) >= 11 is 5.99. The Morgan fingerprint density at radius 1 is 1.13 bits per heavy atom. The highest BCUT2D eigenvalue weighted by molar-refractivity contribution is 6.32. The number of carbonyl (C=O) groups is 3. The van der Waals surface area contributed by atoms with Crippen molar-refractivity contribution in [3.05, 3.63) is 53.1 Å². The second kappa shape index (κ2) is 11.1. The first-order valence-corrected chi connectivity index (χ1v) is 9.24. The van der Waals surface area contributed by atoms with Gasteiger partial charge in [-0.25, -0.2) is 0 Å². The van der Waals surface area contributed by atoms with Crippen molar-refractivity contribution in [2.45, 2.75) is 19.6 Å². The average Bonchev–Trinajstić information content (AvgIpc) is 2.71. The van der Waals surface area contributed by atoms with Crippen LogP contribution in [-0.4, -0.2) is 44.2 Å². The van der Waals surface area contributed by atoms with E-state index in [2.05, 4.69) is 15.4 Å². The highest BCUT2D eigenvalue weighted by Gasteiger charge is 2.19. The van der Waals surface area contributed by atoms with Crippen molar-refractivity contribution in [3.8, 4) is 11.5 Å². The van der Waals surface area contributed by atoms with E-state index in [9.17, 15) is 23.2 Å². The fourth-order valence-electron chi connectivity index (χ4n) is 2.35. The third-order valence-corrected chi connectivity index (χ3v) is 4.11. The molecule has 1 unspecified atom stereocenters. The number of anilines is 1. The number of nitrogens with one attached hydrogen (secondary N) is 2. The van der Waals surface area contributed by atoms with Gasteiger partial charge in [0.25, 0.3) is 11.8 Å². The predicted molar refractivity (Wildman–Crippen MR) is 108 cm³/mol. The first-order valence-electron chi connectivity index (χ1n) is 8.86. The number of halogens is 3. The van der Waals surface area contributed by atoms with Crippen LogP contribution in [0.1, 0.15) is 17.3 Å². The normalized spacial score (nSPS) is 11.4. The maximum Gasteiger partial charge on any atom is 0.387 e. The highest BCUT2D eigenvalue weighted by Crippen LogP contribution is 2.27. The van der Waals surface area contributed by atoms with E-state index in [0.717, 1.165) is 6.07 Å². The molecule has 0 saturated heterocycles. The van der Waals surface area contributed by atoms with Gasteiger partial charge >= 0.3 is 12.6 Å². The number of esters is 1. The lowest BCUT2D eigenvalue weighted by molar-refractivity contribution is -0.152. The quantitative estimate of drug-likeness (QED) is 0.561. The van der Waals surface area contributed by atoms with E-state index in [1.54, 1.807) is 12.1 Å². The van der Waals surface area contributed by atoms with Gasteiger partial charge < -0.3 is 24.8 Å². The molecule has 2 aromatic rings. The van der Waals surface area contributed by atoms with E-state index in [-0.39, 0.29) is 16.3 Å². The standard InChI is InChI=1S/C20H19ClF2N2O6/c1-11(18(27)25-13-6-7-16(29-2)15(21)9-13)30-17(26)10-24-19(28)12-4-3-5-14(8-12)31-20(22)23/h3-9,11,20H,10H2,1-2H3,(H,24,28)(H,25,27). The van der Waals surface area contributed by atoms with Crippen LogP contribution in [0.2, 0.25) is 5.02 Å². The number of rotatable bonds is 9. The molecule has 2 rings (SSSR count). The van der Waals surface area contributed by atoms with Crippen LogP contribution in [0.25, 0.3) is 0 Å². The van der Waals surface area contributed by atoms with E-state index >= 15 is 0 Å². The highest BCUT2D eigenvalue weighted by atomic mass is 35.5. The van der Waals surface area contributed by atoms with Crippen LogP contribution in [-0.2, 0) is 14.3 Å². The number of carbonyl (C=O) groups excluding carboxylic acids is 3. The van der Waals surface area contributed by atoms with Crippen molar-refractivity contribution in [1.29, 1.82) is 0 Å². The second-order valence-corrected chi connectivity index (χ2v) is 6.47. The molecule has 166 valence electrons. The van der Waals surface area contributed by atoms with Crippen LogP contribution in [0, 0.1) is 0 Å². The Morgan fingerprint density at radius 2 is 1.87 bits per heavy atom. The molecule has 0 spiro atoms. The van der Waals surface area contributed by atoms with Crippen LogP contribution in [0.5, 0.6) is 11.5 Å². The van der Waals surface area contributed by atoms with Gasteiger partial charge in [0.1, 0.15) is 18.0 Å². The second-order valence-electron chi connectivity index (χ2n) is 6.06. The summed E-state index contributed by atoms with van der Waals surface area (Å²) in [4.78, 5) is 36.2. The number of ether oxygens (including phenoxy) is 3. The van der Waals surface area contributed by atoms with Crippen LogP contribution < -0.4 is 20.1 Å². The zero-order valence-electron chi connectivity index (χ0n) is 16.5. The summed E-state index contributed by atoms with van der Waals surface area (Å²) in [5.41, 5.74) is 0.381. The molecule has 0 aliphatic heterocycles. The molecular weight excluding hydrogens is 438 g/mol. The Bertz CT molecular complexity index is 957. The Morgan fingerprint density at radius 3 is 2.52 bits per heavy atom. The Labute approximate surface area is 181 Å².